The van der Waals surface area contributed by atoms with E-state index in [9.17, 15) is 0 Å². The zero-order valence-electron chi connectivity index (χ0n) is 10.9. The molecule has 0 fully saturated rings. The molecule has 96 valence electrons. The molecule has 0 heterocycles. The second kappa shape index (κ2) is 24.0. The molecule has 0 bridgehead atoms. The molecule has 0 aliphatic rings. The zero-order valence-corrected chi connectivity index (χ0v) is 12.4. The van der Waals surface area contributed by atoms with Crippen molar-refractivity contribution < 1.29 is 0 Å². The van der Waals surface area contributed by atoms with Gasteiger partial charge in [-0.25, -0.2) is 0 Å². The molecule has 0 spiro atoms. The molecule has 0 aliphatic heterocycles. The topological polar surface area (TPSA) is 0 Å². The van der Waals surface area contributed by atoms with Crippen LogP contribution in [0.25, 0.3) is 0 Å². The van der Waals surface area contributed by atoms with Gasteiger partial charge >= 0.3 is 0 Å². The fourth-order valence-corrected chi connectivity index (χ4v) is 1.39. The first-order valence-electron chi connectivity index (χ1n) is 6.39. The van der Waals surface area contributed by atoms with E-state index < -0.39 is 0 Å². The lowest BCUT2D eigenvalue weighted by Crippen LogP contribution is -1.73. The van der Waals surface area contributed by atoms with Gasteiger partial charge in [-0.1, -0.05) is 72.1 Å². The average molecular weight is 257 g/mol. The first-order chi connectivity index (χ1) is 6.83. The Hall–Kier alpha value is 0.580. The maximum atomic E-state index is 5.38. The van der Waals surface area contributed by atoms with Crippen LogP contribution in [0.3, 0.4) is 0 Å². The minimum absolute atomic E-state index is 0. The molecule has 0 saturated carbocycles. The minimum Gasteiger partial charge on any atom is -0.147 e. The Morgan fingerprint density at radius 3 is 1.13 bits per heavy atom. The largest absolute Gasteiger partial charge is 0.147 e. The predicted molar refractivity (Wildman–Crippen MR) is 76.5 cm³/mol. The van der Waals surface area contributed by atoms with Gasteiger partial charge in [0.15, 0.2) is 0 Å². The van der Waals surface area contributed by atoms with E-state index in [1.807, 2.05) is 0 Å². The van der Waals surface area contributed by atoms with Crippen molar-refractivity contribution in [1.29, 1.82) is 0 Å². The molecule has 2 heteroatoms. The number of hydrogen-bond acceptors (Lipinski definition) is 0. The summed E-state index contributed by atoms with van der Waals surface area (Å²) in [6.07, 6.45) is 12.2. The molecule has 0 aliphatic carbocycles. The summed E-state index contributed by atoms with van der Waals surface area (Å²) in [5, 5.41) is 0. The molecule has 0 saturated heterocycles. The van der Waals surface area contributed by atoms with Gasteiger partial charge in [0.05, 0.1) is 0 Å². The quantitative estimate of drug-likeness (QED) is 0.358. The fourth-order valence-electron chi connectivity index (χ4n) is 1.20. The summed E-state index contributed by atoms with van der Waals surface area (Å²) < 4.78 is 0. The second-order valence-electron chi connectivity index (χ2n) is 3.81. The third kappa shape index (κ3) is 31.3. The molecule has 15 heavy (non-hydrogen) atoms. The summed E-state index contributed by atoms with van der Waals surface area (Å²) in [4.78, 5) is 0. The van der Waals surface area contributed by atoms with Crippen molar-refractivity contribution in [1.82, 2.24) is 0 Å². The van der Waals surface area contributed by atoms with E-state index in [4.69, 9.17) is 11.6 Å². The van der Waals surface area contributed by atoms with Crippen molar-refractivity contribution in [3.63, 3.8) is 0 Å². The van der Waals surface area contributed by atoms with Crippen molar-refractivity contribution in [3.8, 4) is 0 Å². The highest BCUT2D eigenvalue weighted by atomic mass is 35.5. The highest BCUT2D eigenvalue weighted by molar-refractivity contribution is 6.17. The minimum atomic E-state index is 0. The van der Waals surface area contributed by atoms with Gasteiger partial charge in [0, 0.05) is 5.88 Å². The average Bonchev–Trinajstić information content (AvgIpc) is 2.22. The van der Waals surface area contributed by atoms with E-state index in [1.54, 1.807) is 0 Å². The van der Waals surface area contributed by atoms with Crippen LogP contribution in [0.1, 0.15) is 78.6 Å². The van der Waals surface area contributed by atoms with Crippen LogP contribution in [0, 0.1) is 0 Å². The van der Waals surface area contributed by atoms with Crippen molar-refractivity contribution in [2.24, 2.45) is 0 Å². The van der Waals surface area contributed by atoms with E-state index in [0.717, 1.165) is 5.88 Å². The molecular formula is C13H30Cl2. The molecule has 0 unspecified atom stereocenters. The van der Waals surface area contributed by atoms with Crippen LogP contribution >= 0.6 is 24.0 Å². The highest BCUT2D eigenvalue weighted by Crippen LogP contribution is 2.03. The fraction of sp³-hybridized carbons (Fsp3) is 1.00. The van der Waals surface area contributed by atoms with E-state index in [0.29, 0.717) is 0 Å². The summed E-state index contributed by atoms with van der Waals surface area (Å²) in [7, 11) is 0. The molecule has 0 radical (unpaired) electrons. The molecule has 0 aromatic heterocycles. The summed E-state index contributed by atoms with van der Waals surface area (Å²) in [6.45, 7) is 6.68. The van der Waals surface area contributed by atoms with Crippen LogP contribution in [0.15, 0.2) is 0 Å². The van der Waals surface area contributed by atoms with Gasteiger partial charge in [-0.15, -0.1) is 24.0 Å². The van der Waals surface area contributed by atoms with Gasteiger partial charge in [-0.3, -0.25) is 0 Å². The molecule has 0 rings (SSSR count). The highest BCUT2D eigenvalue weighted by Gasteiger charge is 1.83. The molecule has 0 N–H and O–H groups in total. The second-order valence-corrected chi connectivity index (χ2v) is 4.19. The van der Waals surface area contributed by atoms with Crippen molar-refractivity contribution in [2.75, 3.05) is 5.88 Å². The normalized spacial score (nSPS) is 8.80. The zero-order chi connectivity index (χ0) is 11.1. The Morgan fingerprint density at radius 1 is 0.600 bits per heavy atom. The number of halogens is 2. The Balaban J connectivity index is -0.000000187. The lowest BCUT2D eigenvalue weighted by atomic mass is 10.1. The summed E-state index contributed by atoms with van der Waals surface area (Å²) >= 11 is 5.38. The number of hydrogen-bond donors (Lipinski definition) is 0. The van der Waals surface area contributed by atoms with Crippen LogP contribution < -0.4 is 0 Å². The van der Waals surface area contributed by atoms with Crippen LogP contribution in [-0.2, 0) is 0 Å². The Bertz CT molecular complexity index is 64.9. The first kappa shape index (κ1) is 20.9. The standard InChI is InChI=1S/C8H18.C5H11Cl.ClH/c1-3-5-7-8-6-4-2;1-2-3-4-5-6;/h3-8H2,1-2H3;2-5H2,1H3;1H. The molecule has 0 aromatic rings. The maximum Gasteiger partial charge on any atom is 0.0223 e. The first-order valence-corrected chi connectivity index (χ1v) is 6.92. The Kier molecular flexibility index (Phi) is 33.5. The van der Waals surface area contributed by atoms with Crippen LogP contribution in [0.5, 0.6) is 0 Å². The lowest BCUT2D eigenvalue weighted by Gasteiger charge is -1.93. The van der Waals surface area contributed by atoms with Crippen molar-refractivity contribution in [3.05, 3.63) is 0 Å². The summed E-state index contributed by atoms with van der Waals surface area (Å²) in [5.41, 5.74) is 0. The predicted octanol–water partition coefficient (Wildman–Crippen LogP) is 6.20. The molecule has 0 amide bonds. The molecular weight excluding hydrogens is 227 g/mol. The van der Waals surface area contributed by atoms with Crippen molar-refractivity contribution >= 4 is 24.0 Å². The van der Waals surface area contributed by atoms with Gasteiger partial charge in [0.1, 0.15) is 0 Å². The Labute approximate surface area is 109 Å². The molecule has 0 nitrogen and oxygen atoms in total. The van der Waals surface area contributed by atoms with Gasteiger partial charge in [-0.2, -0.15) is 0 Å². The smallest absolute Gasteiger partial charge is 0.0223 e. The van der Waals surface area contributed by atoms with Crippen LogP contribution in [0.2, 0.25) is 0 Å². The number of rotatable bonds is 8. The van der Waals surface area contributed by atoms with Gasteiger partial charge in [0.25, 0.3) is 0 Å². The molecule has 0 atom stereocenters. The van der Waals surface area contributed by atoms with Gasteiger partial charge in [0.2, 0.25) is 0 Å². The van der Waals surface area contributed by atoms with Gasteiger partial charge < -0.3 is 0 Å². The van der Waals surface area contributed by atoms with E-state index in [-0.39, 0.29) is 12.4 Å². The Morgan fingerprint density at radius 2 is 0.933 bits per heavy atom. The van der Waals surface area contributed by atoms with Crippen molar-refractivity contribution in [2.45, 2.75) is 78.6 Å². The van der Waals surface area contributed by atoms with E-state index in [2.05, 4.69) is 20.8 Å². The lowest BCUT2D eigenvalue weighted by molar-refractivity contribution is 0.624. The molecule has 0 aromatic carbocycles. The van der Waals surface area contributed by atoms with Gasteiger partial charge in [-0.05, 0) is 6.42 Å². The van der Waals surface area contributed by atoms with Crippen LogP contribution in [0.4, 0.5) is 0 Å². The number of alkyl halides is 1. The van der Waals surface area contributed by atoms with E-state index >= 15 is 0 Å². The van der Waals surface area contributed by atoms with Crippen LogP contribution in [-0.4, -0.2) is 5.88 Å². The monoisotopic (exact) mass is 256 g/mol. The number of unbranched alkanes of at least 4 members (excludes halogenated alkanes) is 7. The summed E-state index contributed by atoms with van der Waals surface area (Å²) in [5.74, 6) is 0.827. The third-order valence-electron chi connectivity index (χ3n) is 2.19. The van der Waals surface area contributed by atoms with E-state index in [1.165, 1.54) is 57.8 Å². The maximum absolute atomic E-state index is 5.38. The third-order valence-corrected chi connectivity index (χ3v) is 2.46. The SMILES string of the molecule is CCCCCCCC.CCCCCCl.Cl. The summed E-state index contributed by atoms with van der Waals surface area (Å²) in [6, 6.07) is 0.